The van der Waals surface area contributed by atoms with Crippen molar-refractivity contribution in [3.8, 4) is 0 Å². The Morgan fingerprint density at radius 2 is 1.71 bits per heavy atom. The molecule has 1 aromatic rings. The van der Waals surface area contributed by atoms with Crippen LogP contribution in [0.4, 0.5) is 0 Å². The van der Waals surface area contributed by atoms with Gasteiger partial charge in [0.15, 0.2) is 5.78 Å². The van der Waals surface area contributed by atoms with Gasteiger partial charge in [0.1, 0.15) is 0 Å². The minimum atomic E-state index is 0.153. The molecule has 0 bridgehead atoms. The first-order valence-electron chi connectivity index (χ1n) is 8.19. The van der Waals surface area contributed by atoms with E-state index in [0.717, 1.165) is 13.1 Å². The van der Waals surface area contributed by atoms with Gasteiger partial charge in [0.05, 0.1) is 11.6 Å². The maximum atomic E-state index is 12.4. The van der Waals surface area contributed by atoms with Crippen molar-refractivity contribution in [2.45, 2.75) is 44.9 Å². The Hall–Kier alpha value is -0.860. The van der Waals surface area contributed by atoms with Crippen LogP contribution in [0.1, 0.15) is 55.3 Å². The standard InChI is InChI=1S/C18H24ClNO/c19-16-7-3-2-6-15(16)17(21)14-20-12-10-18(11-13-20)8-4-1-5-9-18/h2-3,6-7H,1,4-5,8-14H2. The third-order valence-electron chi connectivity index (χ3n) is 5.37. The van der Waals surface area contributed by atoms with E-state index >= 15 is 0 Å². The van der Waals surface area contributed by atoms with Gasteiger partial charge in [0, 0.05) is 5.56 Å². The third kappa shape index (κ3) is 3.49. The van der Waals surface area contributed by atoms with E-state index in [4.69, 9.17) is 11.6 Å². The van der Waals surface area contributed by atoms with Gasteiger partial charge < -0.3 is 0 Å². The lowest BCUT2D eigenvalue weighted by molar-refractivity contribution is 0.0611. The summed E-state index contributed by atoms with van der Waals surface area (Å²) in [6.07, 6.45) is 9.55. The van der Waals surface area contributed by atoms with Crippen LogP contribution in [0, 0.1) is 5.41 Å². The van der Waals surface area contributed by atoms with Gasteiger partial charge in [0.25, 0.3) is 0 Å². The summed E-state index contributed by atoms with van der Waals surface area (Å²) >= 11 is 6.11. The lowest BCUT2D eigenvalue weighted by Crippen LogP contribution is -2.43. The van der Waals surface area contributed by atoms with Crippen molar-refractivity contribution >= 4 is 17.4 Å². The molecule has 2 aliphatic rings. The summed E-state index contributed by atoms with van der Waals surface area (Å²) < 4.78 is 0. The summed E-state index contributed by atoms with van der Waals surface area (Å²) in [5.74, 6) is 0.153. The number of nitrogens with zero attached hydrogens (tertiary/aromatic N) is 1. The van der Waals surface area contributed by atoms with Gasteiger partial charge in [-0.2, -0.15) is 0 Å². The predicted octanol–water partition coefficient (Wildman–Crippen LogP) is 4.57. The van der Waals surface area contributed by atoms with Crippen molar-refractivity contribution in [2.24, 2.45) is 5.41 Å². The summed E-state index contributed by atoms with van der Waals surface area (Å²) in [5, 5.41) is 0.572. The highest BCUT2D eigenvalue weighted by Crippen LogP contribution is 2.44. The zero-order valence-electron chi connectivity index (χ0n) is 12.6. The lowest BCUT2D eigenvalue weighted by atomic mass is 9.68. The second-order valence-electron chi connectivity index (χ2n) is 6.74. The number of piperidine rings is 1. The monoisotopic (exact) mass is 305 g/mol. The summed E-state index contributed by atoms with van der Waals surface area (Å²) in [4.78, 5) is 14.7. The highest BCUT2D eigenvalue weighted by Gasteiger charge is 2.35. The fourth-order valence-corrected chi connectivity index (χ4v) is 4.20. The van der Waals surface area contributed by atoms with Crippen LogP contribution in [0.2, 0.25) is 5.02 Å². The van der Waals surface area contributed by atoms with Gasteiger partial charge in [0.2, 0.25) is 0 Å². The fraction of sp³-hybridized carbons (Fsp3) is 0.611. The quantitative estimate of drug-likeness (QED) is 0.762. The molecule has 0 radical (unpaired) electrons. The van der Waals surface area contributed by atoms with Gasteiger partial charge in [-0.15, -0.1) is 0 Å². The zero-order chi connectivity index (χ0) is 14.7. The van der Waals surface area contributed by atoms with Gasteiger partial charge in [-0.1, -0.05) is 43.0 Å². The second-order valence-corrected chi connectivity index (χ2v) is 7.15. The lowest BCUT2D eigenvalue weighted by Gasteiger charge is -2.44. The van der Waals surface area contributed by atoms with Crippen molar-refractivity contribution in [2.75, 3.05) is 19.6 Å². The number of rotatable bonds is 3. The Morgan fingerprint density at radius 1 is 1.05 bits per heavy atom. The van der Waals surface area contributed by atoms with E-state index in [9.17, 15) is 4.79 Å². The smallest absolute Gasteiger partial charge is 0.178 e. The Balaban J connectivity index is 1.56. The fourth-order valence-electron chi connectivity index (χ4n) is 3.96. The molecule has 1 saturated carbocycles. The number of benzene rings is 1. The molecular formula is C18H24ClNO. The van der Waals surface area contributed by atoms with Crippen molar-refractivity contribution in [3.05, 3.63) is 34.9 Å². The molecule has 0 atom stereocenters. The SMILES string of the molecule is O=C(CN1CCC2(CCCCC2)CC1)c1ccccc1Cl. The first-order valence-corrected chi connectivity index (χ1v) is 8.56. The van der Waals surface area contributed by atoms with E-state index < -0.39 is 0 Å². The molecule has 1 aliphatic heterocycles. The van der Waals surface area contributed by atoms with Crippen LogP contribution >= 0.6 is 11.6 Å². The van der Waals surface area contributed by atoms with E-state index in [0.29, 0.717) is 22.5 Å². The number of hydrogen-bond donors (Lipinski definition) is 0. The van der Waals surface area contributed by atoms with Crippen LogP contribution < -0.4 is 0 Å². The molecular weight excluding hydrogens is 282 g/mol. The average molecular weight is 306 g/mol. The Morgan fingerprint density at radius 3 is 2.38 bits per heavy atom. The number of hydrogen-bond acceptors (Lipinski definition) is 2. The van der Waals surface area contributed by atoms with Crippen LogP contribution in [0.3, 0.4) is 0 Å². The molecule has 1 saturated heterocycles. The van der Waals surface area contributed by atoms with Crippen molar-refractivity contribution in [1.82, 2.24) is 4.90 Å². The van der Waals surface area contributed by atoms with Gasteiger partial charge in [-0.25, -0.2) is 0 Å². The van der Waals surface area contributed by atoms with Gasteiger partial charge in [-0.3, -0.25) is 9.69 Å². The van der Waals surface area contributed by atoms with Crippen LogP contribution in [0.5, 0.6) is 0 Å². The minimum absolute atomic E-state index is 0.153. The van der Waals surface area contributed by atoms with Crippen molar-refractivity contribution in [1.29, 1.82) is 0 Å². The molecule has 3 heteroatoms. The predicted molar refractivity (Wildman–Crippen MR) is 87.0 cm³/mol. The molecule has 1 spiro atoms. The molecule has 0 N–H and O–H groups in total. The number of Topliss-reactive ketones (excluding diaryl/α,β-unsaturated/α-hetero) is 1. The van der Waals surface area contributed by atoms with E-state index in [2.05, 4.69) is 4.90 Å². The molecule has 1 aliphatic carbocycles. The van der Waals surface area contributed by atoms with Crippen LogP contribution in [0.25, 0.3) is 0 Å². The number of likely N-dealkylation sites (tertiary alicyclic amines) is 1. The maximum Gasteiger partial charge on any atom is 0.178 e. The van der Waals surface area contributed by atoms with E-state index in [1.54, 1.807) is 6.07 Å². The molecule has 0 amide bonds. The number of halogens is 1. The first kappa shape index (κ1) is 15.1. The summed E-state index contributed by atoms with van der Waals surface area (Å²) in [6.45, 7) is 2.65. The van der Waals surface area contributed by atoms with Crippen LogP contribution in [-0.4, -0.2) is 30.3 Å². The molecule has 1 heterocycles. The molecule has 0 aromatic heterocycles. The zero-order valence-corrected chi connectivity index (χ0v) is 13.4. The molecule has 21 heavy (non-hydrogen) atoms. The normalized spacial score (nSPS) is 22.3. The summed E-state index contributed by atoms with van der Waals surface area (Å²) in [6, 6.07) is 7.37. The summed E-state index contributed by atoms with van der Waals surface area (Å²) in [7, 11) is 0. The highest BCUT2D eigenvalue weighted by atomic mass is 35.5. The van der Waals surface area contributed by atoms with Crippen molar-refractivity contribution < 1.29 is 4.79 Å². The number of carbonyl (C=O) groups excluding carboxylic acids is 1. The molecule has 114 valence electrons. The highest BCUT2D eigenvalue weighted by molar-refractivity contribution is 6.34. The Labute approximate surface area is 132 Å². The first-order chi connectivity index (χ1) is 10.2. The maximum absolute atomic E-state index is 12.4. The van der Waals surface area contributed by atoms with E-state index in [1.807, 2.05) is 18.2 Å². The largest absolute Gasteiger partial charge is 0.296 e. The second kappa shape index (κ2) is 6.50. The molecule has 2 nitrogen and oxygen atoms in total. The number of carbonyl (C=O) groups is 1. The topological polar surface area (TPSA) is 20.3 Å². The third-order valence-corrected chi connectivity index (χ3v) is 5.70. The molecule has 2 fully saturated rings. The van der Waals surface area contributed by atoms with Crippen LogP contribution in [-0.2, 0) is 0 Å². The van der Waals surface area contributed by atoms with Gasteiger partial charge >= 0.3 is 0 Å². The molecule has 3 rings (SSSR count). The molecule has 0 unspecified atom stereocenters. The van der Waals surface area contributed by atoms with Crippen LogP contribution in [0.15, 0.2) is 24.3 Å². The van der Waals surface area contributed by atoms with Gasteiger partial charge in [-0.05, 0) is 56.3 Å². The Kier molecular flexibility index (Phi) is 4.66. The van der Waals surface area contributed by atoms with E-state index in [1.165, 1.54) is 44.9 Å². The minimum Gasteiger partial charge on any atom is -0.296 e. The average Bonchev–Trinajstić information content (AvgIpc) is 2.51. The molecule has 1 aromatic carbocycles. The summed E-state index contributed by atoms with van der Waals surface area (Å²) in [5.41, 5.74) is 1.26. The number of ketones is 1. The van der Waals surface area contributed by atoms with Crippen molar-refractivity contribution in [3.63, 3.8) is 0 Å². The Bertz CT molecular complexity index is 498. The van der Waals surface area contributed by atoms with E-state index in [-0.39, 0.29) is 5.78 Å².